The normalized spacial score (nSPS) is 23.9. The Morgan fingerprint density at radius 1 is 1.33 bits per heavy atom. The van der Waals surface area contributed by atoms with E-state index >= 15 is 0 Å². The van der Waals surface area contributed by atoms with Crippen LogP contribution in [0.1, 0.15) is 18.9 Å². The van der Waals surface area contributed by atoms with Gasteiger partial charge >= 0.3 is 0 Å². The number of nitrogens with one attached hydrogen (secondary N) is 1. The molecule has 3 nitrogen and oxygen atoms in total. The molecule has 2 rings (SSSR count). The van der Waals surface area contributed by atoms with Crippen molar-refractivity contribution in [2.75, 3.05) is 18.1 Å². The summed E-state index contributed by atoms with van der Waals surface area (Å²) in [4.78, 5) is 0. The molecule has 1 aliphatic heterocycles. The third kappa shape index (κ3) is 3.56. The quantitative estimate of drug-likeness (QED) is 0.882. The van der Waals surface area contributed by atoms with E-state index in [1.165, 1.54) is 5.56 Å². The van der Waals surface area contributed by atoms with Crippen molar-refractivity contribution in [3.8, 4) is 0 Å². The molecule has 4 heteroatoms. The van der Waals surface area contributed by atoms with Crippen molar-refractivity contribution >= 4 is 9.84 Å². The Hall–Kier alpha value is -0.870. The maximum absolute atomic E-state index is 11.6. The summed E-state index contributed by atoms with van der Waals surface area (Å²) in [6.07, 6.45) is 1.71. The predicted octanol–water partition coefficient (Wildman–Crippen LogP) is 1.64. The summed E-state index contributed by atoms with van der Waals surface area (Å²) in [6, 6.07) is 10.6. The summed E-state index contributed by atoms with van der Waals surface area (Å²) < 4.78 is 23.1. The minimum Gasteiger partial charge on any atom is -0.314 e. The first-order valence-corrected chi connectivity index (χ1v) is 8.40. The molecular formula is C14H21NO2S. The van der Waals surface area contributed by atoms with Gasteiger partial charge in [0.05, 0.1) is 11.5 Å². The summed E-state index contributed by atoms with van der Waals surface area (Å²) in [6.45, 7) is 2.95. The number of rotatable bonds is 5. The maximum atomic E-state index is 11.6. The smallest absolute Gasteiger partial charge is 0.150 e. The van der Waals surface area contributed by atoms with Crippen LogP contribution in [-0.4, -0.2) is 32.5 Å². The van der Waals surface area contributed by atoms with Gasteiger partial charge in [-0.25, -0.2) is 8.42 Å². The van der Waals surface area contributed by atoms with Crippen molar-refractivity contribution in [2.45, 2.75) is 25.8 Å². The molecular weight excluding hydrogens is 246 g/mol. The van der Waals surface area contributed by atoms with Gasteiger partial charge in [-0.05, 0) is 30.9 Å². The molecule has 1 aromatic carbocycles. The number of hydrogen-bond donors (Lipinski definition) is 1. The van der Waals surface area contributed by atoms with Gasteiger partial charge in [-0.1, -0.05) is 37.3 Å². The lowest BCUT2D eigenvalue weighted by atomic mass is 9.93. The van der Waals surface area contributed by atoms with Gasteiger partial charge in [-0.15, -0.1) is 0 Å². The highest BCUT2D eigenvalue weighted by Crippen LogP contribution is 2.24. The Balaban J connectivity index is 2.05. The Kier molecular flexibility index (Phi) is 4.40. The van der Waals surface area contributed by atoms with Crippen molar-refractivity contribution < 1.29 is 8.42 Å². The number of benzene rings is 1. The molecule has 100 valence electrons. The Morgan fingerprint density at radius 3 is 2.61 bits per heavy atom. The van der Waals surface area contributed by atoms with Crippen molar-refractivity contribution in [2.24, 2.45) is 5.92 Å². The fraction of sp³-hybridized carbons (Fsp3) is 0.571. The topological polar surface area (TPSA) is 46.2 Å². The predicted molar refractivity (Wildman–Crippen MR) is 74.4 cm³/mol. The van der Waals surface area contributed by atoms with Gasteiger partial charge in [0.15, 0.2) is 9.84 Å². The Morgan fingerprint density at radius 2 is 2.06 bits per heavy atom. The lowest BCUT2D eigenvalue weighted by Gasteiger charge is -2.23. The summed E-state index contributed by atoms with van der Waals surface area (Å²) in [5, 5.41) is 3.45. The van der Waals surface area contributed by atoms with Crippen LogP contribution in [-0.2, 0) is 16.3 Å². The van der Waals surface area contributed by atoms with E-state index in [-0.39, 0.29) is 12.0 Å². The highest BCUT2D eigenvalue weighted by Gasteiger charge is 2.33. The molecule has 0 bridgehead atoms. The zero-order valence-corrected chi connectivity index (χ0v) is 11.6. The van der Waals surface area contributed by atoms with Crippen LogP contribution in [0.4, 0.5) is 0 Å². The summed E-state index contributed by atoms with van der Waals surface area (Å²) in [5.74, 6) is 0.960. The fourth-order valence-corrected chi connectivity index (χ4v) is 4.56. The molecule has 0 spiro atoms. The van der Waals surface area contributed by atoms with Crippen molar-refractivity contribution in [3.05, 3.63) is 35.9 Å². The first-order chi connectivity index (χ1) is 8.61. The van der Waals surface area contributed by atoms with Crippen LogP contribution in [0.15, 0.2) is 30.3 Å². The van der Waals surface area contributed by atoms with E-state index in [0.29, 0.717) is 11.5 Å². The molecule has 0 aromatic heterocycles. The lowest BCUT2D eigenvalue weighted by molar-refractivity contribution is 0.386. The van der Waals surface area contributed by atoms with Crippen LogP contribution in [0, 0.1) is 5.92 Å². The average Bonchev–Trinajstić information content (AvgIpc) is 2.70. The molecule has 1 aromatic rings. The average molecular weight is 267 g/mol. The molecule has 2 unspecified atom stereocenters. The van der Waals surface area contributed by atoms with E-state index < -0.39 is 9.84 Å². The molecule has 0 saturated carbocycles. The highest BCUT2D eigenvalue weighted by molar-refractivity contribution is 7.91. The maximum Gasteiger partial charge on any atom is 0.150 e. The number of likely N-dealkylation sites (N-methyl/N-ethyl adjacent to an activating group) is 1. The standard InChI is InChI=1S/C14H21NO2S/c1-2-15-14(10-12-6-4-3-5-7-12)13-8-9-18(16,17)11-13/h3-7,13-15H,2,8-11H2,1H3. The van der Waals surface area contributed by atoms with Gasteiger partial charge in [-0.3, -0.25) is 0 Å². The molecule has 1 aliphatic rings. The van der Waals surface area contributed by atoms with E-state index in [0.717, 1.165) is 19.4 Å². The molecule has 1 N–H and O–H groups in total. The SMILES string of the molecule is CCNC(Cc1ccccc1)C1CCS(=O)(=O)C1. The third-order valence-corrected chi connectivity index (χ3v) is 5.40. The second-order valence-corrected chi connectivity index (χ2v) is 7.25. The largest absolute Gasteiger partial charge is 0.314 e. The molecule has 1 fully saturated rings. The first kappa shape index (κ1) is 13.6. The van der Waals surface area contributed by atoms with Gasteiger partial charge in [0.1, 0.15) is 0 Å². The summed E-state index contributed by atoms with van der Waals surface area (Å²) >= 11 is 0. The van der Waals surface area contributed by atoms with E-state index in [4.69, 9.17) is 0 Å². The minimum absolute atomic E-state index is 0.259. The molecule has 0 radical (unpaired) electrons. The monoisotopic (exact) mass is 267 g/mol. The van der Waals surface area contributed by atoms with Crippen LogP contribution < -0.4 is 5.32 Å². The van der Waals surface area contributed by atoms with Crippen LogP contribution in [0.2, 0.25) is 0 Å². The second-order valence-electron chi connectivity index (χ2n) is 5.02. The van der Waals surface area contributed by atoms with Crippen LogP contribution in [0.5, 0.6) is 0 Å². The molecule has 2 atom stereocenters. The minimum atomic E-state index is -2.79. The molecule has 1 heterocycles. The van der Waals surface area contributed by atoms with Crippen LogP contribution >= 0.6 is 0 Å². The van der Waals surface area contributed by atoms with E-state index in [1.807, 2.05) is 18.2 Å². The Labute approximate surface area is 110 Å². The van der Waals surface area contributed by atoms with Gasteiger partial charge < -0.3 is 5.32 Å². The van der Waals surface area contributed by atoms with E-state index in [9.17, 15) is 8.42 Å². The summed E-state index contributed by atoms with van der Waals surface area (Å²) in [7, 11) is -2.79. The lowest BCUT2D eigenvalue weighted by Crippen LogP contribution is -2.38. The van der Waals surface area contributed by atoms with Crippen molar-refractivity contribution in [1.82, 2.24) is 5.32 Å². The fourth-order valence-electron chi connectivity index (χ4n) is 2.68. The summed E-state index contributed by atoms with van der Waals surface area (Å²) in [5.41, 5.74) is 1.27. The van der Waals surface area contributed by atoms with Crippen molar-refractivity contribution in [1.29, 1.82) is 0 Å². The molecule has 0 aliphatic carbocycles. The van der Waals surface area contributed by atoms with Crippen LogP contribution in [0.25, 0.3) is 0 Å². The van der Waals surface area contributed by atoms with Gasteiger partial charge in [0, 0.05) is 6.04 Å². The van der Waals surface area contributed by atoms with Gasteiger partial charge in [0.2, 0.25) is 0 Å². The van der Waals surface area contributed by atoms with E-state index in [1.54, 1.807) is 0 Å². The zero-order chi connectivity index (χ0) is 13.0. The number of hydrogen-bond acceptors (Lipinski definition) is 3. The van der Waals surface area contributed by atoms with Gasteiger partial charge in [0.25, 0.3) is 0 Å². The first-order valence-electron chi connectivity index (χ1n) is 6.58. The van der Waals surface area contributed by atoms with Gasteiger partial charge in [-0.2, -0.15) is 0 Å². The molecule has 1 saturated heterocycles. The Bertz CT molecular complexity index is 470. The van der Waals surface area contributed by atoms with Crippen molar-refractivity contribution in [3.63, 3.8) is 0 Å². The molecule has 0 amide bonds. The molecule has 18 heavy (non-hydrogen) atoms. The zero-order valence-electron chi connectivity index (χ0n) is 10.8. The second kappa shape index (κ2) is 5.85. The highest BCUT2D eigenvalue weighted by atomic mass is 32.2. The van der Waals surface area contributed by atoms with E-state index in [2.05, 4.69) is 24.4 Å². The number of sulfone groups is 1. The van der Waals surface area contributed by atoms with Crippen LogP contribution in [0.3, 0.4) is 0 Å². The third-order valence-electron chi connectivity index (χ3n) is 3.60.